The molecule has 0 unspecified atom stereocenters. The van der Waals surface area contributed by atoms with Gasteiger partial charge in [-0.2, -0.15) is 0 Å². The van der Waals surface area contributed by atoms with Crippen LogP contribution in [0.3, 0.4) is 0 Å². The summed E-state index contributed by atoms with van der Waals surface area (Å²) in [5, 5.41) is 22.0. The van der Waals surface area contributed by atoms with Gasteiger partial charge in [-0.25, -0.2) is 13.2 Å². The first kappa shape index (κ1) is 23.7. The van der Waals surface area contributed by atoms with Gasteiger partial charge in [0.15, 0.2) is 9.84 Å². The molecule has 178 valence electrons. The lowest BCUT2D eigenvalue weighted by Gasteiger charge is -2.18. The summed E-state index contributed by atoms with van der Waals surface area (Å²) in [6.45, 7) is 3.10. The van der Waals surface area contributed by atoms with Crippen molar-refractivity contribution in [3.63, 3.8) is 0 Å². The normalized spacial score (nSPS) is 11.4. The molecule has 0 atom stereocenters. The minimum atomic E-state index is -3.49. The number of hydrogen-bond acceptors (Lipinski definition) is 7. The third-order valence-electron chi connectivity index (χ3n) is 5.45. The van der Waals surface area contributed by atoms with Crippen LogP contribution in [-0.2, 0) is 9.84 Å². The summed E-state index contributed by atoms with van der Waals surface area (Å²) in [5.74, 6) is -1.71. The zero-order chi connectivity index (χ0) is 25.3. The van der Waals surface area contributed by atoms with E-state index in [-0.39, 0.29) is 34.3 Å². The Morgan fingerprint density at radius 2 is 1.86 bits per heavy atom. The quantitative estimate of drug-likeness (QED) is 0.228. The Hall–Kier alpha value is -4.44. The lowest BCUT2D eigenvalue weighted by atomic mass is 9.89. The van der Waals surface area contributed by atoms with Crippen molar-refractivity contribution in [1.82, 2.24) is 5.32 Å². The van der Waals surface area contributed by atoms with Crippen molar-refractivity contribution >= 4 is 38.4 Å². The number of anilines is 1. The fourth-order valence-corrected chi connectivity index (χ4v) is 4.32. The van der Waals surface area contributed by atoms with Crippen molar-refractivity contribution in [2.24, 2.45) is 0 Å². The summed E-state index contributed by atoms with van der Waals surface area (Å²) < 4.78 is 29.2. The number of benzene rings is 3. The summed E-state index contributed by atoms with van der Waals surface area (Å²) in [4.78, 5) is 24.9. The number of amides is 1. The van der Waals surface area contributed by atoms with Gasteiger partial charge in [0.05, 0.1) is 16.7 Å². The second-order valence-electron chi connectivity index (χ2n) is 7.80. The molecule has 0 saturated heterocycles. The van der Waals surface area contributed by atoms with Gasteiger partial charge in [-0.05, 0) is 48.0 Å². The zero-order valence-electron chi connectivity index (χ0n) is 18.4. The molecule has 9 nitrogen and oxygen atoms in total. The highest BCUT2D eigenvalue weighted by molar-refractivity contribution is 7.94. The lowest BCUT2D eigenvalue weighted by molar-refractivity contribution is 0.0697. The van der Waals surface area contributed by atoms with E-state index in [4.69, 9.17) is 15.6 Å². The standard InChI is InChI=1S/C25H21N3O6S/c1-2-35(32,33)10-9-28-24(29)14-3-6-17(25(30)31)20(11-14)23-18-7-4-15(26)12-21(18)34-22-13-16(27)5-8-19(22)23/h2-8,11-13,26H,1,9-10,27H2,(H,28,29)(H,30,31). The maximum absolute atomic E-state index is 12.8. The molecule has 1 heterocycles. The second kappa shape index (κ2) is 9.07. The van der Waals surface area contributed by atoms with Gasteiger partial charge in [-0.3, -0.25) is 4.79 Å². The largest absolute Gasteiger partial charge is 0.478 e. The summed E-state index contributed by atoms with van der Waals surface area (Å²) in [6, 6.07) is 13.8. The molecule has 1 aliphatic heterocycles. The number of nitrogens with two attached hydrogens (primary N) is 1. The van der Waals surface area contributed by atoms with E-state index in [0.29, 0.717) is 33.5 Å². The van der Waals surface area contributed by atoms with Gasteiger partial charge in [-0.15, -0.1) is 0 Å². The monoisotopic (exact) mass is 491 g/mol. The number of hydrogen-bond donors (Lipinski definition) is 4. The molecular formula is C25H21N3O6S. The number of rotatable bonds is 7. The first-order valence-electron chi connectivity index (χ1n) is 10.4. The molecule has 2 aromatic carbocycles. The van der Waals surface area contributed by atoms with Gasteiger partial charge < -0.3 is 26.0 Å². The van der Waals surface area contributed by atoms with Crippen LogP contribution < -0.4 is 16.4 Å². The highest BCUT2D eigenvalue weighted by Crippen LogP contribution is 2.41. The van der Waals surface area contributed by atoms with E-state index >= 15 is 0 Å². The van der Waals surface area contributed by atoms with E-state index in [1.807, 2.05) is 0 Å². The molecule has 0 spiro atoms. The number of carboxylic acid groups (broad SMARTS) is 1. The number of sulfone groups is 1. The average molecular weight is 492 g/mol. The van der Waals surface area contributed by atoms with Crippen LogP contribution in [0, 0.1) is 5.41 Å². The Labute approximate surface area is 200 Å². The van der Waals surface area contributed by atoms with Crippen molar-refractivity contribution in [2.75, 3.05) is 18.0 Å². The van der Waals surface area contributed by atoms with Crippen LogP contribution in [0.1, 0.15) is 20.7 Å². The van der Waals surface area contributed by atoms with Crippen molar-refractivity contribution in [3.8, 4) is 22.5 Å². The number of aromatic carboxylic acids is 1. The maximum Gasteiger partial charge on any atom is 0.336 e. The summed E-state index contributed by atoms with van der Waals surface area (Å²) in [5.41, 5.74) is 8.17. The van der Waals surface area contributed by atoms with Crippen LogP contribution in [0.4, 0.5) is 5.69 Å². The van der Waals surface area contributed by atoms with Crippen LogP contribution in [-0.4, -0.2) is 37.7 Å². The van der Waals surface area contributed by atoms with Crippen LogP contribution in [0.25, 0.3) is 33.4 Å². The van der Waals surface area contributed by atoms with E-state index in [1.165, 1.54) is 24.3 Å². The molecule has 4 rings (SSSR count). The van der Waals surface area contributed by atoms with Gasteiger partial charge in [0.25, 0.3) is 5.91 Å². The maximum atomic E-state index is 12.8. The van der Waals surface area contributed by atoms with Gasteiger partial charge in [0, 0.05) is 51.8 Å². The lowest BCUT2D eigenvalue weighted by Crippen LogP contribution is -2.28. The molecule has 0 radical (unpaired) electrons. The predicted octanol–water partition coefficient (Wildman–Crippen LogP) is 3.25. The van der Waals surface area contributed by atoms with Crippen LogP contribution >= 0.6 is 0 Å². The smallest absolute Gasteiger partial charge is 0.336 e. The van der Waals surface area contributed by atoms with E-state index in [9.17, 15) is 23.1 Å². The van der Waals surface area contributed by atoms with Crippen LogP contribution in [0.5, 0.6) is 0 Å². The van der Waals surface area contributed by atoms with Gasteiger partial charge in [0.1, 0.15) is 11.3 Å². The Morgan fingerprint density at radius 1 is 1.09 bits per heavy atom. The number of carbonyl (C=O) groups excluding carboxylic acids is 1. The van der Waals surface area contributed by atoms with Crippen molar-refractivity contribution < 1.29 is 27.5 Å². The molecule has 2 aromatic rings. The Kier molecular flexibility index (Phi) is 6.14. The average Bonchev–Trinajstić information content (AvgIpc) is 2.81. The Bertz CT molecular complexity index is 1640. The van der Waals surface area contributed by atoms with E-state index in [2.05, 4.69) is 11.9 Å². The van der Waals surface area contributed by atoms with Crippen molar-refractivity contribution in [2.45, 2.75) is 0 Å². The molecule has 10 heteroatoms. The van der Waals surface area contributed by atoms with Crippen molar-refractivity contribution in [3.05, 3.63) is 83.1 Å². The number of nitrogen functional groups attached to an aromatic ring is 1. The van der Waals surface area contributed by atoms with Gasteiger partial charge >= 0.3 is 5.97 Å². The number of carboxylic acids is 1. The zero-order valence-corrected chi connectivity index (χ0v) is 19.2. The molecule has 1 aliphatic carbocycles. The van der Waals surface area contributed by atoms with Crippen LogP contribution in [0.15, 0.2) is 71.0 Å². The fraction of sp³-hybridized carbons (Fsp3) is 0.0800. The molecule has 0 saturated carbocycles. The molecule has 0 bridgehead atoms. The molecule has 5 N–H and O–H groups in total. The Morgan fingerprint density at radius 3 is 2.57 bits per heavy atom. The summed E-state index contributed by atoms with van der Waals surface area (Å²) >= 11 is 0. The first-order chi connectivity index (χ1) is 16.6. The third kappa shape index (κ3) is 4.78. The summed E-state index contributed by atoms with van der Waals surface area (Å²) in [7, 11) is -3.49. The molecular weight excluding hydrogens is 470 g/mol. The second-order valence-corrected chi connectivity index (χ2v) is 9.87. The predicted molar refractivity (Wildman–Crippen MR) is 132 cm³/mol. The van der Waals surface area contributed by atoms with E-state index in [0.717, 1.165) is 5.41 Å². The highest BCUT2D eigenvalue weighted by atomic mass is 32.2. The minimum Gasteiger partial charge on any atom is -0.478 e. The van der Waals surface area contributed by atoms with Crippen molar-refractivity contribution in [1.29, 1.82) is 5.41 Å². The third-order valence-corrected chi connectivity index (χ3v) is 6.73. The van der Waals surface area contributed by atoms with Gasteiger partial charge in [-0.1, -0.05) is 6.58 Å². The molecule has 0 aromatic heterocycles. The van der Waals surface area contributed by atoms with Gasteiger partial charge in [0.2, 0.25) is 0 Å². The fourth-order valence-electron chi connectivity index (χ4n) is 3.77. The highest BCUT2D eigenvalue weighted by Gasteiger charge is 2.23. The number of carbonyl (C=O) groups is 2. The number of nitrogens with one attached hydrogen (secondary N) is 2. The van der Waals surface area contributed by atoms with E-state index in [1.54, 1.807) is 30.3 Å². The van der Waals surface area contributed by atoms with Crippen LogP contribution in [0.2, 0.25) is 0 Å². The SMILES string of the molecule is C=CS(=O)(=O)CCNC(=O)c1ccc(C(=O)O)c(-c2c3ccc(=N)cc-3oc3cc(N)ccc23)c1. The molecule has 2 aliphatic rings. The summed E-state index contributed by atoms with van der Waals surface area (Å²) in [6.07, 6.45) is 0. The molecule has 0 fully saturated rings. The topological polar surface area (TPSA) is 164 Å². The van der Waals surface area contributed by atoms with E-state index < -0.39 is 21.7 Å². The number of fused-ring (bicyclic) bond motifs is 2. The molecule has 35 heavy (non-hydrogen) atoms. The Balaban J connectivity index is 1.91. The first-order valence-corrected chi connectivity index (χ1v) is 12.1. The minimum absolute atomic E-state index is 0.0450. The molecule has 1 amide bonds.